The predicted octanol–water partition coefficient (Wildman–Crippen LogP) is 2.15. The molecule has 0 spiro atoms. The van der Waals surface area contributed by atoms with Crippen molar-refractivity contribution in [2.75, 3.05) is 7.11 Å². The second kappa shape index (κ2) is 6.31. The third-order valence-corrected chi connectivity index (χ3v) is 3.30. The number of nitrogens with two attached hydrogens (primary N) is 1. The number of aryl methyl sites for hydroxylation is 1. The number of pyridine rings is 1. The Balaban J connectivity index is 2.28. The van der Waals surface area contributed by atoms with Gasteiger partial charge in [0.15, 0.2) is 0 Å². The molecular weight excluding hydrogens is 238 g/mol. The number of nitrogens with one attached hydrogen (secondary N) is 1. The van der Waals surface area contributed by atoms with Crippen molar-refractivity contribution in [2.24, 2.45) is 5.84 Å². The fourth-order valence-corrected chi connectivity index (χ4v) is 2.17. The van der Waals surface area contributed by atoms with Crippen LogP contribution in [0.4, 0.5) is 0 Å². The van der Waals surface area contributed by atoms with Gasteiger partial charge in [-0.15, -0.1) is 0 Å². The second-order valence-corrected chi connectivity index (χ2v) is 4.47. The van der Waals surface area contributed by atoms with E-state index in [0.29, 0.717) is 0 Å². The van der Waals surface area contributed by atoms with Gasteiger partial charge in [0.1, 0.15) is 5.75 Å². The largest absolute Gasteiger partial charge is 0.495 e. The van der Waals surface area contributed by atoms with Crippen molar-refractivity contribution < 1.29 is 4.74 Å². The molecule has 4 heteroatoms. The Morgan fingerprint density at radius 2 is 2.11 bits per heavy atom. The summed E-state index contributed by atoms with van der Waals surface area (Å²) in [6, 6.07) is 10.2. The third kappa shape index (κ3) is 3.10. The van der Waals surface area contributed by atoms with Crippen molar-refractivity contribution in [3.8, 4) is 5.75 Å². The zero-order valence-electron chi connectivity index (χ0n) is 11.3. The van der Waals surface area contributed by atoms with Gasteiger partial charge in [-0.2, -0.15) is 0 Å². The molecule has 4 nitrogen and oxygen atoms in total. The maximum atomic E-state index is 5.70. The second-order valence-electron chi connectivity index (χ2n) is 4.47. The van der Waals surface area contributed by atoms with Crippen LogP contribution in [0.25, 0.3) is 0 Å². The molecule has 2 rings (SSSR count). The van der Waals surface area contributed by atoms with Gasteiger partial charge in [-0.1, -0.05) is 24.3 Å². The van der Waals surface area contributed by atoms with Crippen LogP contribution in [0.5, 0.6) is 5.75 Å². The minimum atomic E-state index is -0.000880. The van der Waals surface area contributed by atoms with Crippen molar-refractivity contribution in [3.63, 3.8) is 0 Å². The maximum Gasteiger partial charge on any atom is 0.141 e. The van der Waals surface area contributed by atoms with Crippen LogP contribution in [0, 0.1) is 6.92 Å². The molecule has 0 fully saturated rings. The van der Waals surface area contributed by atoms with Crippen LogP contribution in [0.15, 0.2) is 42.7 Å². The third-order valence-electron chi connectivity index (χ3n) is 3.30. The fraction of sp³-hybridized carbons (Fsp3) is 0.267. The first-order valence-electron chi connectivity index (χ1n) is 6.24. The first-order chi connectivity index (χ1) is 9.26. The number of hydrogen-bond donors (Lipinski definition) is 2. The average molecular weight is 257 g/mol. The Labute approximate surface area is 113 Å². The minimum absolute atomic E-state index is 0.000880. The summed E-state index contributed by atoms with van der Waals surface area (Å²) in [5.74, 6) is 6.45. The van der Waals surface area contributed by atoms with Crippen molar-refractivity contribution >= 4 is 0 Å². The van der Waals surface area contributed by atoms with Crippen LogP contribution in [-0.2, 0) is 6.42 Å². The number of benzene rings is 1. The fourth-order valence-electron chi connectivity index (χ4n) is 2.17. The molecule has 2 aromatic rings. The Bertz CT molecular complexity index is 542. The summed E-state index contributed by atoms with van der Waals surface area (Å²) >= 11 is 0. The van der Waals surface area contributed by atoms with E-state index in [1.54, 1.807) is 19.5 Å². The molecule has 19 heavy (non-hydrogen) atoms. The highest BCUT2D eigenvalue weighted by Crippen LogP contribution is 2.26. The number of hydrazine groups is 1. The minimum Gasteiger partial charge on any atom is -0.495 e. The van der Waals surface area contributed by atoms with E-state index in [-0.39, 0.29) is 6.04 Å². The van der Waals surface area contributed by atoms with E-state index in [4.69, 9.17) is 10.6 Å². The molecule has 1 unspecified atom stereocenters. The normalized spacial score (nSPS) is 12.2. The smallest absolute Gasteiger partial charge is 0.141 e. The van der Waals surface area contributed by atoms with Gasteiger partial charge in [-0.25, -0.2) is 0 Å². The van der Waals surface area contributed by atoms with E-state index in [1.165, 1.54) is 11.1 Å². The quantitative estimate of drug-likeness (QED) is 0.636. The topological polar surface area (TPSA) is 60.2 Å². The molecule has 0 saturated carbocycles. The number of hydrogen-bond acceptors (Lipinski definition) is 4. The lowest BCUT2D eigenvalue weighted by molar-refractivity contribution is 0.397. The van der Waals surface area contributed by atoms with Crippen LogP contribution in [-0.4, -0.2) is 12.1 Å². The molecule has 1 aromatic heterocycles. The van der Waals surface area contributed by atoms with Crippen molar-refractivity contribution in [3.05, 3.63) is 59.4 Å². The summed E-state index contributed by atoms with van der Waals surface area (Å²) in [6.07, 6.45) is 4.26. The van der Waals surface area contributed by atoms with Gasteiger partial charge in [0.25, 0.3) is 0 Å². The summed E-state index contributed by atoms with van der Waals surface area (Å²) in [5.41, 5.74) is 6.41. The number of rotatable bonds is 5. The zero-order valence-corrected chi connectivity index (χ0v) is 11.3. The SMILES string of the molecule is COc1cnccc1C(Cc1ccccc1C)NN. The first-order valence-corrected chi connectivity index (χ1v) is 6.24. The van der Waals surface area contributed by atoms with Crippen molar-refractivity contribution in [1.29, 1.82) is 0 Å². The van der Waals surface area contributed by atoms with Gasteiger partial charge in [0, 0.05) is 11.8 Å². The van der Waals surface area contributed by atoms with Gasteiger partial charge in [-0.05, 0) is 30.5 Å². The van der Waals surface area contributed by atoms with Crippen LogP contribution in [0.1, 0.15) is 22.7 Å². The monoisotopic (exact) mass is 257 g/mol. The Morgan fingerprint density at radius 3 is 2.79 bits per heavy atom. The summed E-state index contributed by atoms with van der Waals surface area (Å²) < 4.78 is 5.34. The number of nitrogens with zero attached hydrogens (tertiary/aromatic N) is 1. The zero-order chi connectivity index (χ0) is 13.7. The summed E-state index contributed by atoms with van der Waals surface area (Å²) in [5, 5.41) is 0. The molecular formula is C15H19N3O. The molecule has 1 aromatic carbocycles. The van der Waals surface area contributed by atoms with E-state index >= 15 is 0 Å². The Kier molecular flexibility index (Phi) is 4.49. The van der Waals surface area contributed by atoms with Gasteiger partial charge in [0.05, 0.1) is 19.3 Å². The Morgan fingerprint density at radius 1 is 1.32 bits per heavy atom. The molecule has 0 saturated heterocycles. The highest BCUT2D eigenvalue weighted by molar-refractivity contribution is 5.35. The van der Waals surface area contributed by atoms with Crippen molar-refractivity contribution in [1.82, 2.24) is 10.4 Å². The van der Waals surface area contributed by atoms with Crippen LogP contribution in [0.3, 0.4) is 0 Å². The van der Waals surface area contributed by atoms with E-state index in [2.05, 4.69) is 29.5 Å². The molecule has 0 bridgehead atoms. The molecule has 100 valence electrons. The van der Waals surface area contributed by atoms with E-state index in [9.17, 15) is 0 Å². The van der Waals surface area contributed by atoms with Crippen LogP contribution < -0.4 is 16.0 Å². The van der Waals surface area contributed by atoms with Gasteiger partial charge < -0.3 is 4.74 Å². The average Bonchev–Trinajstić information content (AvgIpc) is 2.46. The Hall–Kier alpha value is -1.91. The molecule has 0 aliphatic rings. The van der Waals surface area contributed by atoms with Crippen LogP contribution >= 0.6 is 0 Å². The summed E-state index contributed by atoms with van der Waals surface area (Å²) in [4.78, 5) is 4.06. The van der Waals surface area contributed by atoms with E-state index < -0.39 is 0 Å². The summed E-state index contributed by atoms with van der Waals surface area (Å²) in [7, 11) is 1.64. The molecule has 1 heterocycles. The van der Waals surface area contributed by atoms with E-state index in [1.807, 2.05) is 18.2 Å². The number of ether oxygens (including phenoxy) is 1. The first kappa shape index (κ1) is 13.5. The lowest BCUT2D eigenvalue weighted by atomic mass is 9.97. The molecule has 3 N–H and O–H groups in total. The van der Waals surface area contributed by atoms with Gasteiger partial charge >= 0.3 is 0 Å². The lowest BCUT2D eigenvalue weighted by Gasteiger charge is -2.19. The van der Waals surface area contributed by atoms with E-state index in [0.717, 1.165) is 17.7 Å². The highest BCUT2D eigenvalue weighted by atomic mass is 16.5. The van der Waals surface area contributed by atoms with Gasteiger partial charge in [0.2, 0.25) is 0 Å². The summed E-state index contributed by atoms with van der Waals surface area (Å²) in [6.45, 7) is 2.10. The molecule has 0 aliphatic heterocycles. The number of methoxy groups -OCH3 is 1. The molecule has 0 amide bonds. The molecule has 0 aliphatic carbocycles. The molecule has 0 radical (unpaired) electrons. The predicted molar refractivity (Wildman–Crippen MR) is 75.7 cm³/mol. The lowest BCUT2D eigenvalue weighted by Crippen LogP contribution is -2.30. The number of aromatic nitrogens is 1. The standard InChI is InChI=1S/C15H19N3O/c1-11-5-3-4-6-12(11)9-14(18-16)13-7-8-17-10-15(13)19-2/h3-8,10,14,18H,9,16H2,1-2H3. The maximum absolute atomic E-state index is 5.70. The van der Waals surface area contributed by atoms with Crippen molar-refractivity contribution in [2.45, 2.75) is 19.4 Å². The van der Waals surface area contributed by atoms with Crippen LogP contribution in [0.2, 0.25) is 0 Å². The highest BCUT2D eigenvalue weighted by Gasteiger charge is 2.16. The van der Waals surface area contributed by atoms with Gasteiger partial charge in [-0.3, -0.25) is 16.3 Å². The molecule has 1 atom stereocenters.